The molecular weight excluding hydrogens is 409 g/mol. The molecule has 0 aliphatic rings. The highest BCUT2D eigenvalue weighted by Gasteiger charge is 2.23. The van der Waals surface area contributed by atoms with Gasteiger partial charge in [-0.2, -0.15) is 0 Å². The quantitative estimate of drug-likeness (QED) is 0.523. The first kappa shape index (κ1) is 23.3. The normalized spacial score (nSPS) is 10.8. The van der Waals surface area contributed by atoms with Gasteiger partial charge >= 0.3 is 0 Å². The fourth-order valence-electron chi connectivity index (χ4n) is 3.12. The molecule has 0 radical (unpaired) electrons. The molecule has 0 aliphatic heterocycles. The van der Waals surface area contributed by atoms with Crippen LogP contribution in [0.3, 0.4) is 0 Å². The Morgan fingerprint density at radius 2 is 1.79 bits per heavy atom. The molecule has 158 valence electrons. The van der Waals surface area contributed by atoms with Crippen LogP contribution < -0.4 is 0 Å². The van der Waals surface area contributed by atoms with Gasteiger partial charge in [0.25, 0.3) is 5.91 Å². The van der Waals surface area contributed by atoms with Gasteiger partial charge in [-0.05, 0) is 43.2 Å². The molecule has 7 heteroatoms. The monoisotopic (exact) mass is 437 g/mol. The number of carbonyl (C=O) groups is 2. The van der Waals surface area contributed by atoms with Crippen LogP contribution in [0.4, 0.5) is 0 Å². The maximum atomic E-state index is 13.1. The third kappa shape index (κ3) is 6.51. The summed E-state index contributed by atoms with van der Waals surface area (Å²) in [6.07, 6.45) is 4.63. The van der Waals surface area contributed by atoms with E-state index in [9.17, 15) is 9.59 Å². The topological polar surface area (TPSA) is 45.6 Å². The average Bonchev–Trinajstić information content (AvgIpc) is 3.08. The van der Waals surface area contributed by atoms with Crippen molar-refractivity contribution in [2.45, 2.75) is 39.7 Å². The van der Waals surface area contributed by atoms with Crippen molar-refractivity contribution in [3.05, 3.63) is 57.8 Å². The second kappa shape index (κ2) is 11.3. The molecule has 2 rings (SSSR count). The zero-order chi connectivity index (χ0) is 21.4. The molecule has 0 aliphatic carbocycles. The lowest BCUT2D eigenvalue weighted by atomic mass is 10.2. The van der Waals surface area contributed by atoms with Crippen molar-refractivity contribution in [1.82, 2.24) is 14.4 Å². The zero-order valence-corrected chi connectivity index (χ0v) is 18.8. The summed E-state index contributed by atoms with van der Waals surface area (Å²) in [6.45, 7) is 5.78. The van der Waals surface area contributed by atoms with Crippen LogP contribution in [-0.2, 0) is 18.4 Å². The molecule has 0 bridgehead atoms. The van der Waals surface area contributed by atoms with Gasteiger partial charge in [0.05, 0.1) is 17.1 Å². The lowest BCUT2D eigenvalue weighted by Gasteiger charge is -2.28. The number of hydrogen-bond acceptors (Lipinski definition) is 2. The molecule has 1 aromatic heterocycles. The maximum Gasteiger partial charge on any atom is 0.255 e. The van der Waals surface area contributed by atoms with Gasteiger partial charge in [0.1, 0.15) is 6.54 Å². The van der Waals surface area contributed by atoms with Gasteiger partial charge < -0.3 is 14.4 Å². The van der Waals surface area contributed by atoms with Gasteiger partial charge in [-0.25, -0.2) is 0 Å². The number of nitrogens with zero attached hydrogens (tertiary/aromatic N) is 3. The third-order valence-corrected chi connectivity index (χ3v) is 5.35. The minimum atomic E-state index is -0.254. The fourth-order valence-corrected chi connectivity index (χ4v) is 3.61. The largest absolute Gasteiger partial charge is 0.353 e. The molecule has 29 heavy (non-hydrogen) atoms. The number of carbonyl (C=O) groups excluding carboxylic acids is 2. The van der Waals surface area contributed by atoms with E-state index < -0.39 is 0 Å². The molecule has 0 saturated carbocycles. The summed E-state index contributed by atoms with van der Waals surface area (Å²) in [6, 6.07) is 8.77. The van der Waals surface area contributed by atoms with E-state index >= 15 is 0 Å². The third-order valence-electron chi connectivity index (χ3n) is 4.81. The van der Waals surface area contributed by atoms with Gasteiger partial charge in [-0.1, -0.05) is 43.5 Å². The minimum absolute atomic E-state index is 0.0275. The smallest absolute Gasteiger partial charge is 0.255 e. The molecule has 0 N–H and O–H groups in total. The summed E-state index contributed by atoms with van der Waals surface area (Å²) >= 11 is 12.2. The molecule has 0 atom stereocenters. The van der Waals surface area contributed by atoms with E-state index in [1.807, 2.05) is 41.8 Å². The Balaban J connectivity index is 2.17. The summed E-state index contributed by atoms with van der Waals surface area (Å²) in [5.74, 6) is -0.317. The Morgan fingerprint density at radius 1 is 1.03 bits per heavy atom. The minimum Gasteiger partial charge on any atom is -0.353 e. The Bertz CT molecular complexity index is 835. The summed E-state index contributed by atoms with van der Waals surface area (Å²) in [5, 5.41) is 0.765. The van der Waals surface area contributed by atoms with E-state index in [1.54, 1.807) is 23.1 Å². The van der Waals surface area contributed by atoms with Crippen molar-refractivity contribution in [2.24, 2.45) is 7.05 Å². The van der Waals surface area contributed by atoms with Crippen molar-refractivity contribution in [3.63, 3.8) is 0 Å². The molecule has 0 unspecified atom stereocenters. The van der Waals surface area contributed by atoms with Crippen LogP contribution in [0.25, 0.3) is 0 Å². The molecule has 0 saturated heterocycles. The predicted molar refractivity (Wildman–Crippen MR) is 118 cm³/mol. The summed E-state index contributed by atoms with van der Waals surface area (Å²) in [4.78, 5) is 29.6. The van der Waals surface area contributed by atoms with Crippen LogP contribution in [-0.4, -0.2) is 45.8 Å². The lowest BCUT2D eigenvalue weighted by Crippen LogP contribution is -2.43. The van der Waals surface area contributed by atoms with Crippen molar-refractivity contribution >= 4 is 35.0 Å². The predicted octanol–water partition coefficient (Wildman–Crippen LogP) is 5.01. The zero-order valence-electron chi connectivity index (χ0n) is 17.3. The Kier molecular flexibility index (Phi) is 9.05. The SMILES string of the molecule is CCCCN(Cc1cccn1C)C(=O)CN(CCC)C(=O)c1ccc(Cl)cc1Cl. The van der Waals surface area contributed by atoms with Gasteiger partial charge in [0, 0.05) is 37.1 Å². The average molecular weight is 438 g/mol. The molecule has 0 fully saturated rings. The van der Waals surface area contributed by atoms with Crippen molar-refractivity contribution in [3.8, 4) is 0 Å². The number of hydrogen-bond donors (Lipinski definition) is 0. The van der Waals surface area contributed by atoms with Gasteiger partial charge in [0.2, 0.25) is 5.91 Å². The number of benzene rings is 1. The number of rotatable bonds is 10. The van der Waals surface area contributed by atoms with Crippen LogP contribution in [0.1, 0.15) is 49.2 Å². The van der Waals surface area contributed by atoms with E-state index in [-0.39, 0.29) is 18.4 Å². The fraction of sp³-hybridized carbons (Fsp3) is 0.455. The standard InChI is InChI=1S/C22H29Cl2N3O2/c1-4-6-13-26(15-18-8-7-12-25(18)3)21(28)16-27(11-5-2)22(29)19-10-9-17(23)14-20(19)24/h7-10,12,14H,4-6,11,13,15-16H2,1-3H3. The maximum absolute atomic E-state index is 13.1. The Hall–Kier alpha value is -1.98. The summed E-state index contributed by atoms with van der Waals surface area (Å²) in [7, 11) is 1.97. The Morgan fingerprint density at radius 3 is 2.38 bits per heavy atom. The van der Waals surface area contributed by atoms with Crippen LogP contribution >= 0.6 is 23.2 Å². The van der Waals surface area contributed by atoms with E-state index in [1.165, 1.54) is 0 Å². The van der Waals surface area contributed by atoms with E-state index in [0.717, 1.165) is 25.0 Å². The number of halogens is 2. The summed E-state index contributed by atoms with van der Waals surface area (Å²) < 4.78 is 2.01. The van der Waals surface area contributed by atoms with E-state index in [2.05, 4.69) is 6.92 Å². The Labute approximate surface area is 183 Å². The van der Waals surface area contributed by atoms with Gasteiger partial charge in [0.15, 0.2) is 0 Å². The van der Waals surface area contributed by atoms with Crippen LogP contribution in [0.2, 0.25) is 10.0 Å². The highest BCUT2D eigenvalue weighted by atomic mass is 35.5. The van der Waals surface area contributed by atoms with E-state index in [4.69, 9.17) is 23.2 Å². The molecular formula is C22H29Cl2N3O2. The van der Waals surface area contributed by atoms with E-state index in [0.29, 0.717) is 35.2 Å². The first-order valence-corrected chi connectivity index (χ1v) is 10.7. The molecule has 1 aromatic carbocycles. The van der Waals surface area contributed by atoms with Gasteiger partial charge in [-0.3, -0.25) is 9.59 Å². The second-order valence-corrected chi connectivity index (χ2v) is 7.97. The van der Waals surface area contributed by atoms with Crippen LogP contribution in [0.15, 0.2) is 36.5 Å². The molecule has 0 spiro atoms. The van der Waals surface area contributed by atoms with Crippen LogP contribution in [0, 0.1) is 0 Å². The highest BCUT2D eigenvalue weighted by Crippen LogP contribution is 2.22. The number of aryl methyl sites for hydroxylation is 1. The van der Waals surface area contributed by atoms with Crippen molar-refractivity contribution in [2.75, 3.05) is 19.6 Å². The second-order valence-electron chi connectivity index (χ2n) is 7.13. The first-order valence-electron chi connectivity index (χ1n) is 9.99. The number of amides is 2. The number of aromatic nitrogens is 1. The first-order chi connectivity index (χ1) is 13.9. The molecule has 2 aromatic rings. The molecule has 5 nitrogen and oxygen atoms in total. The highest BCUT2D eigenvalue weighted by molar-refractivity contribution is 6.36. The van der Waals surface area contributed by atoms with Crippen LogP contribution in [0.5, 0.6) is 0 Å². The lowest BCUT2D eigenvalue weighted by molar-refractivity contribution is -0.132. The van der Waals surface area contributed by atoms with Crippen molar-refractivity contribution in [1.29, 1.82) is 0 Å². The van der Waals surface area contributed by atoms with Gasteiger partial charge in [-0.15, -0.1) is 0 Å². The summed E-state index contributed by atoms with van der Waals surface area (Å²) in [5.41, 5.74) is 1.42. The number of unbranched alkanes of at least 4 members (excludes halogenated alkanes) is 1. The molecule has 2 amide bonds. The van der Waals surface area contributed by atoms with Crippen molar-refractivity contribution < 1.29 is 9.59 Å². The molecule has 1 heterocycles.